The zero-order chi connectivity index (χ0) is 18.9. The Balaban J connectivity index is 1.88. The van der Waals surface area contributed by atoms with E-state index in [1.54, 1.807) is 30.7 Å². The highest BCUT2D eigenvalue weighted by atomic mass is 32.2. The lowest BCUT2D eigenvalue weighted by Gasteiger charge is -2.09. The second kappa shape index (κ2) is 6.87. The lowest BCUT2D eigenvalue weighted by Crippen LogP contribution is -2.14. The van der Waals surface area contributed by atoms with E-state index in [0.717, 1.165) is 17.7 Å². The van der Waals surface area contributed by atoms with E-state index in [1.807, 2.05) is 0 Å². The highest BCUT2D eigenvalue weighted by Gasteiger charge is 2.20. The highest BCUT2D eigenvalue weighted by Crippen LogP contribution is 2.24. The third kappa shape index (κ3) is 3.75. The van der Waals surface area contributed by atoms with Crippen LogP contribution in [0.25, 0.3) is 0 Å². The standard InChI is InChI=1S/C18H17F2N3O2S/c1-12-18(22-26(24,25)17-9-7-16(20)8-10-17)13(2)23(21-12)11-14-3-5-15(19)6-4-14/h3-10,22H,11H2,1-2H3. The van der Waals surface area contributed by atoms with Gasteiger partial charge in [0.25, 0.3) is 10.0 Å². The van der Waals surface area contributed by atoms with E-state index in [0.29, 0.717) is 23.6 Å². The van der Waals surface area contributed by atoms with Gasteiger partial charge in [0, 0.05) is 0 Å². The summed E-state index contributed by atoms with van der Waals surface area (Å²) in [5.41, 5.74) is 2.34. The summed E-state index contributed by atoms with van der Waals surface area (Å²) in [6, 6.07) is 10.6. The van der Waals surface area contributed by atoms with Gasteiger partial charge in [-0.3, -0.25) is 9.40 Å². The molecule has 0 fully saturated rings. The number of anilines is 1. The van der Waals surface area contributed by atoms with Crippen molar-refractivity contribution in [2.75, 3.05) is 4.72 Å². The largest absolute Gasteiger partial charge is 0.276 e. The Morgan fingerprint density at radius 1 is 0.962 bits per heavy atom. The molecule has 1 heterocycles. The number of benzene rings is 2. The van der Waals surface area contributed by atoms with Gasteiger partial charge in [0.15, 0.2) is 0 Å². The van der Waals surface area contributed by atoms with Crippen molar-refractivity contribution in [1.82, 2.24) is 9.78 Å². The van der Waals surface area contributed by atoms with Crippen LogP contribution in [0.1, 0.15) is 17.0 Å². The van der Waals surface area contributed by atoms with Gasteiger partial charge in [-0.1, -0.05) is 12.1 Å². The Labute approximate surface area is 150 Å². The first-order valence-corrected chi connectivity index (χ1v) is 9.31. The van der Waals surface area contributed by atoms with Gasteiger partial charge in [0.1, 0.15) is 11.6 Å². The summed E-state index contributed by atoms with van der Waals surface area (Å²) in [7, 11) is -3.86. The van der Waals surface area contributed by atoms with Crippen molar-refractivity contribution in [2.24, 2.45) is 0 Å². The summed E-state index contributed by atoms with van der Waals surface area (Å²) in [5, 5.41) is 4.36. The van der Waals surface area contributed by atoms with Gasteiger partial charge in [-0.2, -0.15) is 5.10 Å². The zero-order valence-corrected chi connectivity index (χ0v) is 15.0. The molecule has 2 aromatic carbocycles. The second-order valence-electron chi connectivity index (χ2n) is 5.89. The quantitative estimate of drug-likeness (QED) is 0.739. The SMILES string of the molecule is Cc1nn(Cc2ccc(F)cc2)c(C)c1NS(=O)(=O)c1ccc(F)cc1. The first kappa shape index (κ1) is 18.1. The van der Waals surface area contributed by atoms with E-state index < -0.39 is 15.8 Å². The van der Waals surface area contributed by atoms with Crippen LogP contribution in [0.5, 0.6) is 0 Å². The predicted molar refractivity (Wildman–Crippen MR) is 94.4 cm³/mol. The molecule has 0 amide bonds. The molecule has 0 saturated heterocycles. The summed E-state index contributed by atoms with van der Waals surface area (Å²) in [4.78, 5) is -0.0380. The molecular weight excluding hydrogens is 360 g/mol. The maximum Gasteiger partial charge on any atom is 0.262 e. The number of hydrogen-bond donors (Lipinski definition) is 1. The fourth-order valence-electron chi connectivity index (χ4n) is 2.57. The Morgan fingerprint density at radius 2 is 1.50 bits per heavy atom. The van der Waals surface area contributed by atoms with Crippen molar-refractivity contribution in [3.8, 4) is 0 Å². The van der Waals surface area contributed by atoms with Crippen molar-refractivity contribution in [1.29, 1.82) is 0 Å². The van der Waals surface area contributed by atoms with E-state index in [4.69, 9.17) is 0 Å². The summed E-state index contributed by atoms with van der Waals surface area (Å²) >= 11 is 0. The number of hydrogen-bond acceptors (Lipinski definition) is 3. The van der Waals surface area contributed by atoms with Crippen LogP contribution in [0.3, 0.4) is 0 Å². The molecule has 0 aliphatic rings. The van der Waals surface area contributed by atoms with Crippen LogP contribution in [0.2, 0.25) is 0 Å². The molecule has 136 valence electrons. The third-order valence-corrected chi connectivity index (χ3v) is 5.35. The molecule has 0 aliphatic heterocycles. The molecule has 0 aliphatic carbocycles. The molecule has 0 radical (unpaired) electrons. The van der Waals surface area contributed by atoms with Crippen LogP contribution in [0, 0.1) is 25.5 Å². The summed E-state index contributed by atoms with van der Waals surface area (Å²) in [6.07, 6.45) is 0. The average Bonchev–Trinajstić information content (AvgIpc) is 2.84. The minimum atomic E-state index is -3.86. The number of nitrogens with zero attached hydrogens (tertiary/aromatic N) is 2. The van der Waals surface area contributed by atoms with Crippen molar-refractivity contribution in [3.05, 3.63) is 77.1 Å². The van der Waals surface area contributed by atoms with Crippen LogP contribution in [0.4, 0.5) is 14.5 Å². The van der Waals surface area contributed by atoms with E-state index in [2.05, 4.69) is 9.82 Å². The Kier molecular flexibility index (Phi) is 4.78. The fourth-order valence-corrected chi connectivity index (χ4v) is 3.74. The van der Waals surface area contributed by atoms with E-state index in [9.17, 15) is 17.2 Å². The topological polar surface area (TPSA) is 64.0 Å². The van der Waals surface area contributed by atoms with Gasteiger partial charge in [-0.25, -0.2) is 17.2 Å². The minimum Gasteiger partial charge on any atom is -0.276 e. The number of rotatable bonds is 5. The zero-order valence-electron chi connectivity index (χ0n) is 14.2. The van der Waals surface area contributed by atoms with Gasteiger partial charge in [0.05, 0.1) is 28.5 Å². The van der Waals surface area contributed by atoms with Crippen molar-refractivity contribution in [3.63, 3.8) is 0 Å². The van der Waals surface area contributed by atoms with Gasteiger partial charge >= 0.3 is 0 Å². The second-order valence-corrected chi connectivity index (χ2v) is 7.57. The molecule has 8 heteroatoms. The summed E-state index contributed by atoms with van der Waals surface area (Å²) < 4.78 is 55.2. The molecule has 26 heavy (non-hydrogen) atoms. The van der Waals surface area contributed by atoms with Gasteiger partial charge < -0.3 is 0 Å². The number of aromatic nitrogens is 2. The Bertz CT molecular complexity index is 1030. The molecule has 1 N–H and O–H groups in total. The first-order chi connectivity index (χ1) is 12.3. The minimum absolute atomic E-state index is 0.0380. The number of nitrogens with one attached hydrogen (secondary N) is 1. The van der Waals surface area contributed by atoms with Crippen molar-refractivity contribution >= 4 is 15.7 Å². The normalized spacial score (nSPS) is 11.5. The van der Waals surface area contributed by atoms with Crippen molar-refractivity contribution < 1.29 is 17.2 Å². The Morgan fingerprint density at radius 3 is 2.08 bits per heavy atom. The van der Waals surface area contributed by atoms with Crippen LogP contribution in [-0.4, -0.2) is 18.2 Å². The van der Waals surface area contributed by atoms with Crippen LogP contribution < -0.4 is 4.72 Å². The van der Waals surface area contributed by atoms with E-state index >= 15 is 0 Å². The third-order valence-electron chi connectivity index (χ3n) is 3.99. The molecule has 0 bridgehead atoms. The highest BCUT2D eigenvalue weighted by molar-refractivity contribution is 7.92. The van der Waals surface area contributed by atoms with Gasteiger partial charge in [-0.05, 0) is 55.8 Å². The maximum absolute atomic E-state index is 13.0. The van der Waals surface area contributed by atoms with Gasteiger partial charge in [-0.15, -0.1) is 0 Å². The molecule has 3 rings (SSSR count). The molecule has 0 saturated carbocycles. The average molecular weight is 377 g/mol. The van der Waals surface area contributed by atoms with Crippen LogP contribution in [0.15, 0.2) is 53.4 Å². The van der Waals surface area contributed by atoms with Crippen LogP contribution in [-0.2, 0) is 16.6 Å². The van der Waals surface area contributed by atoms with Crippen molar-refractivity contribution in [2.45, 2.75) is 25.3 Å². The van der Waals surface area contributed by atoms with Crippen LogP contribution >= 0.6 is 0 Å². The molecule has 0 spiro atoms. The lowest BCUT2D eigenvalue weighted by molar-refractivity contribution is 0.599. The summed E-state index contributed by atoms with van der Waals surface area (Å²) in [6.45, 7) is 3.81. The summed E-state index contributed by atoms with van der Waals surface area (Å²) in [5.74, 6) is -0.835. The first-order valence-electron chi connectivity index (χ1n) is 7.83. The molecule has 1 aromatic heterocycles. The fraction of sp³-hybridized carbons (Fsp3) is 0.167. The van der Waals surface area contributed by atoms with E-state index in [1.165, 1.54) is 24.3 Å². The predicted octanol–water partition coefficient (Wildman–Crippen LogP) is 3.63. The van der Waals surface area contributed by atoms with Gasteiger partial charge in [0.2, 0.25) is 0 Å². The Hall–Kier alpha value is -2.74. The number of sulfonamides is 1. The lowest BCUT2D eigenvalue weighted by atomic mass is 10.2. The molecule has 3 aromatic rings. The smallest absolute Gasteiger partial charge is 0.262 e. The molecular formula is C18H17F2N3O2S. The molecule has 0 atom stereocenters. The number of halogens is 2. The van der Waals surface area contributed by atoms with E-state index in [-0.39, 0.29) is 10.7 Å². The number of aryl methyl sites for hydroxylation is 1. The monoisotopic (exact) mass is 377 g/mol. The maximum atomic E-state index is 13.0. The molecule has 0 unspecified atom stereocenters. The molecule has 5 nitrogen and oxygen atoms in total.